The van der Waals surface area contributed by atoms with E-state index in [2.05, 4.69) is 18.0 Å². The largest absolute Gasteiger partial charge is 0.339 e. The van der Waals surface area contributed by atoms with Gasteiger partial charge in [0.25, 0.3) is 5.91 Å². The number of ketones is 1. The Kier molecular flexibility index (Phi) is 4.52. The second-order valence-electron chi connectivity index (χ2n) is 7.27. The van der Waals surface area contributed by atoms with Crippen LogP contribution in [0.1, 0.15) is 39.4 Å². The molecule has 138 valence electrons. The van der Waals surface area contributed by atoms with Crippen molar-refractivity contribution in [3.63, 3.8) is 0 Å². The molecule has 5 nitrogen and oxygen atoms in total. The number of fused-ring (bicyclic) bond motifs is 1. The van der Waals surface area contributed by atoms with Crippen LogP contribution in [0.5, 0.6) is 0 Å². The molecule has 1 amide bonds. The Labute approximate surface area is 158 Å². The summed E-state index contributed by atoms with van der Waals surface area (Å²) in [6, 6.07) is 13.4. The van der Waals surface area contributed by atoms with E-state index in [0.29, 0.717) is 24.5 Å². The number of likely N-dealkylation sites (tertiary alicyclic amines) is 1. The number of hydrogen-bond acceptors (Lipinski definition) is 3. The van der Waals surface area contributed by atoms with Crippen molar-refractivity contribution in [2.24, 2.45) is 13.0 Å². The highest BCUT2D eigenvalue weighted by molar-refractivity contribution is 6.00. The van der Waals surface area contributed by atoms with Gasteiger partial charge in [0.2, 0.25) is 0 Å². The molecule has 0 spiro atoms. The van der Waals surface area contributed by atoms with E-state index in [0.717, 1.165) is 29.3 Å². The molecule has 0 unspecified atom stereocenters. The molecule has 3 heterocycles. The molecule has 3 aromatic rings. The van der Waals surface area contributed by atoms with Crippen LogP contribution in [0, 0.1) is 12.8 Å². The zero-order chi connectivity index (χ0) is 19.0. The number of amides is 1. The maximum atomic E-state index is 13.2. The third kappa shape index (κ3) is 3.14. The van der Waals surface area contributed by atoms with E-state index in [9.17, 15) is 9.59 Å². The number of aromatic nitrogens is 2. The molecule has 1 aliphatic rings. The van der Waals surface area contributed by atoms with Gasteiger partial charge in [-0.15, -0.1) is 0 Å². The molecule has 1 saturated heterocycles. The molecule has 1 atom stereocenters. The van der Waals surface area contributed by atoms with E-state index in [-0.39, 0.29) is 17.6 Å². The molecule has 1 aromatic carbocycles. The summed E-state index contributed by atoms with van der Waals surface area (Å²) in [7, 11) is 1.93. The molecule has 0 aliphatic carbocycles. The number of benzene rings is 1. The maximum absolute atomic E-state index is 13.2. The first-order valence-electron chi connectivity index (χ1n) is 9.36. The van der Waals surface area contributed by atoms with Gasteiger partial charge in [-0.3, -0.25) is 14.6 Å². The van der Waals surface area contributed by atoms with Crippen molar-refractivity contribution in [2.45, 2.75) is 19.8 Å². The van der Waals surface area contributed by atoms with Gasteiger partial charge in [-0.05, 0) is 43.5 Å². The monoisotopic (exact) mass is 361 g/mol. The van der Waals surface area contributed by atoms with Crippen LogP contribution in [0.2, 0.25) is 0 Å². The third-order valence-electron chi connectivity index (χ3n) is 5.47. The van der Waals surface area contributed by atoms with Gasteiger partial charge in [-0.25, -0.2) is 0 Å². The zero-order valence-electron chi connectivity index (χ0n) is 15.7. The summed E-state index contributed by atoms with van der Waals surface area (Å²) in [5.74, 6) is -0.165. The lowest BCUT2D eigenvalue weighted by molar-refractivity contribution is 0.0628. The van der Waals surface area contributed by atoms with Crippen molar-refractivity contribution < 1.29 is 9.59 Å². The van der Waals surface area contributed by atoms with Crippen LogP contribution in [0.4, 0.5) is 0 Å². The van der Waals surface area contributed by atoms with Crippen molar-refractivity contribution in [3.8, 4) is 0 Å². The number of carbonyl (C=O) groups is 2. The summed E-state index contributed by atoms with van der Waals surface area (Å²) >= 11 is 0. The fraction of sp³-hybridized carbons (Fsp3) is 0.318. The van der Waals surface area contributed by atoms with Crippen LogP contribution in [-0.4, -0.2) is 39.2 Å². The fourth-order valence-corrected chi connectivity index (χ4v) is 4.08. The highest BCUT2D eigenvalue weighted by Gasteiger charge is 2.31. The number of carbonyl (C=O) groups excluding carboxylic acids is 2. The third-order valence-corrected chi connectivity index (χ3v) is 5.47. The normalized spacial score (nSPS) is 17.3. The lowest BCUT2D eigenvalue weighted by Crippen LogP contribution is -2.43. The van der Waals surface area contributed by atoms with Crippen LogP contribution in [0.3, 0.4) is 0 Å². The summed E-state index contributed by atoms with van der Waals surface area (Å²) in [5, 5.41) is 1.07. The predicted octanol–water partition coefficient (Wildman–Crippen LogP) is 3.62. The molecular weight excluding hydrogens is 338 g/mol. The minimum absolute atomic E-state index is 0.00776. The van der Waals surface area contributed by atoms with E-state index in [1.165, 1.54) is 0 Å². The van der Waals surface area contributed by atoms with Gasteiger partial charge in [0.1, 0.15) is 11.4 Å². The number of Topliss-reactive ketones (excluding diaryl/α,β-unsaturated/α-hetero) is 1. The Morgan fingerprint density at radius 2 is 2.00 bits per heavy atom. The summed E-state index contributed by atoms with van der Waals surface area (Å²) in [5.41, 5.74) is 3.39. The first-order chi connectivity index (χ1) is 13.1. The Bertz CT molecular complexity index is 1010. The smallest absolute Gasteiger partial charge is 0.270 e. The van der Waals surface area contributed by atoms with E-state index in [1.807, 2.05) is 40.8 Å². The number of rotatable bonds is 3. The Morgan fingerprint density at radius 1 is 1.15 bits per heavy atom. The number of hydrogen-bond donors (Lipinski definition) is 0. The standard InChI is InChI=1S/C22H23N3O2/c1-15-7-5-8-16-13-19(24(2)20(15)16)22(27)25-12-6-9-17(14-25)21(26)18-10-3-4-11-23-18/h3-5,7-8,10-11,13,17H,6,9,12,14H2,1-2H3/t17-/m0/s1. The maximum Gasteiger partial charge on any atom is 0.270 e. The van der Waals surface area contributed by atoms with Crippen LogP contribution in [-0.2, 0) is 7.05 Å². The van der Waals surface area contributed by atoms with Crippen molar-refractivity contribution in [2.75, 3.05) is 13.1 Å². The minimum atomic E-state index is -0.186. The summed E-state index contributed by atoms with van der Waals surface area (Å²) < 4.78 is 1.97. The molecule has 5 heteroatoms. The molecule has 27 heavy (non-hydrogen) atoms. The summed E-state index contributed by atoms with van der Waals surface area (Å²) in [6.45, 7) is 3.19. The van der Waals surface area contributed by atoms with E-state index >= 15 is 0 Å². The van der Waals surface area contributed by atoms with E-state index < -0.39 is 0 Å². The van der Waals surface area contributed by atoms with Crippen LogP contribution < -0.4 is 0 Å². The average Bonchev–Trinajstić information content (AvgIpc) is 3.05. The second-order valence-corrected chi connectivity index (χ2v) is 7.27. The zero-order valence-corrected chi connectivity index (χ0v) is 15.7. The van der Waals surface area contributed by atoms with Gasteiger partial charge < -0.3 is 9.47 Å². The van der Waals surface area contributed by atoms with Gasteiger partial charge in [0, 0.05) is 37.6 Å². The van der Waals surface area contributed by atoms with Gasteiger partial charge in [-0.2, -0.15) is 0 Å². The molecule has 2 aromatic heterocycles. The Balaban J connectivity index is 1.58. The van der Waals surface area contributed by atoms with Gasteiger partial charge >= 0.3 is 0 Å². The van der Waals surface area contributed by atoms with E-state index in [1.54, 1.807) is 18.3 Å². The SMILES string of the molecule is Cc1cccc2cc(C(=O)N3CCC[C@H](C(=O)c4ccccn4)C3)n(C)c12. The first-order valence-corrected chi connectivity index (χ1v) is 9.36. The fourth-order valence-electron chi connectivity index (χ4n) is 4.08. The van der Waals surface area contributed by atoms with Crippen LogP contribution in [0.25, 0.3) is 10.9 Å². The number of piperidine rings is 1. The molecule has 0 radical (unpaired) electrons. The molecule has 0 bridgehead atoms. The predicted molar refractivity (Wildman–Crippen MR) is 105 cm³/mol. The lowest BCUT2D eigenvalue weighted by Gasteiger charge is -2.32. The van der Waals surface area contributed by atoms with Crippen molar-refractivity contribution in [3.05, 3.63) is 65.6 Å². The number of para-hydroxylation sites is 1. The second kappa shape index (κ2) is 6.99. The topological polar surface area (TPSA) is 55.2 Å². The number of pyridine rings is 1. The van der Waals surface area contributed by atoms with Crippen LogP contribution >= 0.6 is 0 Å². The average molecular weight is 361 g/mol. The Hall–Kier alpha value is -2.95. The molecule has 4 rings (SSSR count). The first kappa shape index (κ1) is 17.5. The highest BCUT2D eigenvalue weighted by atomic mass is 16.2. The molecule has 0 N–H and O–H groups in total. The van der Waals surface area contributed by atoms with Crippen molar-refractivity contribution in [1.82, 2.24) is 14.5 Å². The summed E-state index contributed by atoms with van der Waals surface area (Å²) in [4.78, 5) is 31.9. The number of nitrogens with zero attached hydrogens (tertiary/aromatic N) is 3. The van der Waals surface area contributed by atoms with Gasteiger partial charge in [-0.1, -0.05) is 24.3 Å². The number of aryl methyl sites for hydroxylation is 2. The molecule has 1 fully saturated rings. The van der Waals surface area contributed by atoms with Gasteiger partial charge in [0.15, 0.2) is 5.78 Å². The van der Waals surface area contributed by atoms with Gasteiger partial charge in [0.05, 0.1) is 5.52 Å². The summed E-state index contributed by atoms with van der Waals surface area (Å²) in [6.07, 6.45) is 3.27. The lowest BCUT2D eigenvalue weighted by atomic mass is 9.91. The van der Waals surface area contributed by atoms with Crippen molar-refractivity contribution >= 4 is 22.6 Å². The van der Waals surface area contributed by atoms with Crippen LogP contribution in [0.15, 0.2) is 48.7 Å². The Morgan fingerprint density at radius 3 is 2.74 bits per heavy atom. The van der Waals surface area contributed by atoms with Crippen molar-refractivity contribution in [1.29, 1.82) is 0 Å². The quantitative estimate of drug-likeness (QED) is 0.670. The molecular formula is C22H23N3O2. The molecule has 1 aliphatic heterocycles. The highest BCUT2D eigenvalue weighted by Crippen LogP contribution is 2.26. The van der Waals surface area contributed by atoms with E-state index in [4.69, 9.17) is 0 Å². The minimum Gasteiger partial charge on any atom is -0.339 e. The molecule has 0 saturated carbocycles.